The van der Waals surface area contributed by atoms with Crippen LogP contribution in [-0.2, 0) is 13.0 Å². The van der Waals surface area contributed by atoms with Crippen molar-refractivity contribution in [2.24, 2.45) is 0 Å². The molecule has 136 valence electrons. The second kappa shape index (κ2) is 7.06. The minimum Gasteiger partial charge on any atom is -0.497 e. The molecule has 4 rings (SSSR count). The molecule has 26 heavy (non-hydrogen) atoms. The number of fused-ring (bicyclic) bond motifs is 3. The average molecular weight is 389 g/mol. The van der Waals surface area contributed by atoms with E-state index in [-0.39, 0.29) is 5.56 Å². The van der Waals surface area contributed by atoms with E-state index in [1.807, 2.05) is 24.3 Å². The van der Waals surface area contributed by atoms with Gasteiger partial charge in [-0.2, -0.15) is 0 Å². The molecule has 0 saturated heterocycles. The van der Waals surface area contributed by atoms with Gasteiger partial charge in [0.05, 0.1) is 36.7 Å². The first-order chi connectivity index (χ1) is 12.6. The normalized spacial score (nSPS) is 16.7. The fraction of sp³-hybridized carbons (Fsp3) is 0.368. The summed E-state index contributed by atoms with van der Waals surface area (Å²) in [5.41, 5.74) is 2.09. The van der Waals surface area contributed by atoms with Crippen LogP contribution in [0.1, 0.15) is 17.4 Å². The van der Waals surface area contributed by atoms with Crippen LogP contribution in [0.2, 0.25) is 0 Å². The minimum absolute atomic E-state index is 0.0492. The number of nitrogens with zero attached hydrogens (tertiary/aromatic N) is 2. The van der Waals surface area contributed by atoms with Crippen LogP contribution in [0.25, 0.3) is 15.9 Å². The number of thioether (sulfide) groups is 1. The molecule has 1 aliphatic rings. The third kappa shape index (κ3) is 2.94. The molecule has 1 atom stereocenters. The van der Waals surface area contributed by atoms with Gasteiger partial charge in [0.15, 0.2) is 5.16 Å². The molecule has 0 fully saturated rings. The highest BCUT2D eigenvalue weighted by Gasteiger charge is 2.26. The Kier molecular flexibility index (Phi) is 4.77. The van der Waals surface area contributed by atoms with Gasteiger partial charge < -0.3 is 9.64 Å². The van der Waals surface area contributed by atoms with Crippen LogP contribution in [0.5, 0.6) is 5.75 Å². The van der Waals surface area contributed by atoms with E-state index < -0.39 is 0 Å². The first-order valence-corrected chi connectivity index (χ1v) is 10.6. The van der Waals surface area contributed by atoms with Crippen LogP contribution in [0.3, 0.4) is 0 Å². The van der Waals surface area contributed by atoms with Crippen molar-refractivity contribution in [2.45, 2.75) is 25.0 Å². The number of rotatable bonds is 4. The number of hydrogen-bond donors (Lipinski definition) is 1. The monoisotopic (exact) mass is 388 g/mol. The third-order valence-corrected chi connectivity index (χ3v) is 6.69. The Labute approximate surface area is 160 Å². The molecule has 1 N–H and O–H groups in total. The lowest BCUT2D eigenvalue weighted by molar-refractivity contribution is -0.895. The van der Waals surface area contributed by atoms with E-state index in [4.69, 9.17) is 9.72 Å². The number of aromatic nitrogens is 2. The maximum atomic E-state index is 13.5. The Morgan fingerprint density at radius 1 is 1.35 bits per heavy atom. The van der Waals surface area contributed by atoms with Crippen molar-refractivity contribution in [1.82, 2.24) is 9.55 Å². The SMILES string of the molecule is CCSc1nc2sc3c(c2c(=O)n1-c1ccc(OC)cc1)CC[NH+](C)C3. The number of quaternary nitrogens is 1. The van der Waals surface area contributed by atoms with E-state index in [0.717, 1.165) is 52.1 Å². The van der Waals surface area contributed by atoms with E-state index in [9.17, 15) is 4.79 Å². The zero-order valence-corrected chi connectivity index (χ0v) is 16.8. The lowest BCUT2D eigenvalue weighted by atomic mass is 10.1. The summed E-state index contributed by atoms with van der Waals surface area (Å²) in [6.45, 7) is 4.12. The molecule has 0 spiro atoms. The fourth-order valence-corrected chi connectivity index (χ4v) is 5.54. The van der Waals surface area contributed by atoms with E-state index in [1.165, 1.54) is 15.3 Å². The molecule has 0 radical (unpaired) electrons. The van der Waals surface area contributed by atoms with E-state index in [1.54, 1.807) is 34.8 Å². The van der Waals surface area contributed by atoms with Crippen LogP contribution in [0, 0.1) is 0 Å². The van der Waals surface area contributed by atoms with E-state index in [2.05, 4.69) is 14.0 Å². The molecule has 1 aromatic carbocycles. The van der Waals surface area contributed by atoms with Crippen molar-refractivity contribution < 1.29 is 9.64 Å². The van der Waals surface area contributed by atoms with Crippen LogP contribution < -0.4 is 15.2 Å². The summed E-state index contributed by atoms with van der Waals surface area (Å²) in [4.78, 5) is 22.0. The predicted octanol–water partition coefficient (Wildman–Crippen LogP) is 2.14. The van der Waals surface area contributed by atoms with Crippen LogP contribution in [0.15, 0.2) is 34.2 Å². The van der Waals surface area contributed by atoms with Crippen LogP contribution >= 0.6 is 23.1 Å². The molecule has 0 aliphatic carbocycles. The number of benzene rings is 1. The van der Waals surface area contributed by atoms with Gasteiger partial charge in [0.2, 0.25) is 0 Å². The van der Waals surface area contributed by atoms with Crippen molar-refractivity contribution in [3.8, 4) is 11.4 Å². The molecule has 5 nitrogen and oxygen atoms in total. The van der Waals surface area contributed by atoms with Gasteiger partial charge in [0.1, 0.15) is 17.1 Å². The van der Waals surface area contributed by atoms with Gasteiger partial charge in [0.25, 0.3) is 5.56 Å². The van der Waals surface area contributed by atoms with Gasteiger partial charge in [0, 0.05) is 6.42 Å². The number of likely N-dealkylation sites (N-methyl/N-ethyl adjacent to an activating group) is 1. The van der Waals surface area contributed by atoms with Crippen molar-refractivity contribution >= 4 is 33.3 Å². The largest absolute Gasteiger partial charge is 0.497 e. The molecule has 2 aromatic heterocycles. The third-order valence-electron chi connectivity index (χ3n) is 4.75. The lowest BCUT2D eigenvalue weighted by Gasteiger charge is -2.19. The number of methoxy groups -OCH3 is 1. The maximum Gasteiger partial charge on any atom is 0.267 e. The minimum atomic E-state index is 0.0492. The second-order valence-corrected chi connectivity index (χ2v) is 8.80. The first-order valence-electron chi connectivity index (χ1n) is 8.78. The van der Waals surface area contributed by atoms with E-state index >= 15 is 0 Å². The van der Waals surface area contributed by atoms with Gasteiger partial charge in [-0.25, -0.2) is 4.98 Å². The summed E-state index contributed by atoms with van der Waals surface area (Å²) >= 11 is 3.29. The smallest absolute Gasteiger partial charge is 0.267 e. The standard InChI is InChI=1S/C19H21N3O2S2/c1-4-25-19-20-17-16(14-9-10-21(2)11-15(14)26-17)18(23)22(19)12-5-7-13(24-3)8-6-12/h5-8H,4,9-11H2,1-3H3/p+1. The Morgan fingerprint density at radius 2 is 2.12 bits per heavy atom. The molecular weight excluding hydrogens is 366 g/mol. The summed E-state index contributed by atoms with van der Waals surface area (Å²) in [6, 6.07) is 7.61. The lowest BCUT2D eigenvalue weighted by Crippen LogP contribution is -3.08. The van der Waals surface area contributed by atoms with Crippen molar-refractivity contribution in [3.05, 3.63) is 45.1 Å². The number of nitrogens with one attached hydrogen (secondary N) is 1. The molecule has 7 heteroatoms. The van der Waals surface area contributed by atoms with Crippen LogP contribution in [-0.4, -0.2) is 36.0 Å². The Balaban J connectivity index is 1.96. The van der Waals surface area contributed by atoms with Gasteiger partial charge >= 0.3 is 0 Å². The summed E-state index contributed by atoms with van der Waals surface area (Å²) in [7, 11) is 3.85. The fourth-order valence-electron chi connectivity index (χ4n) is 3.43. The quantitative estimate of drug-likeness (QED) is 0.550. The number of hydrogen-bond acceptors (Lipinski definition) is 5. The van der Waals surface area contributed by atoms with Crippen molar-refractivity contribution in [1.29, 1.82) is 0 Å². The topological polar surface area (TPSA) is 48.6 Å². The molecule has 1 aliphatic heterocycles. The number of thiophene rings is 1. The summed E-state index contributed by atoms with van der Waals surface area (Å²) < 4.78 is 7.00. The molecule has 1 unspecified atom stereocenters. The Bertz CT molecular complexity index is 1010. The molecular formula is C19H22N3O2S2+. The molecule has 3 heterocycles. The zero-order chi connectivity index (χ0) is 18.3. The molecule has 3 aromatic rings. The Hall–Kier alpha value is -1.83. The molecule has 0 bridgehead atoms. The highest BCUT2D eigenvalue weighted by Crippen LogP contribution is 2.31. The van der Waals surface area contributed by atoms with Gasteiger partial charge in [-0.15, -0.1) is 11.3 Å². The summed E-state index contributed by atoms with van der Waals surface area (Å²) in [5.74, 6) is 1.64. The highest BCUT2D eigenvalue weighted by atomic mass is 32.2. The van der Waals surface area contributed by atoms with Crippen molar-refractivity contribution in [2.75, 3.05) is 26.5 Å². The van der Waals surface area contributed by atoms with E-state index in [0.29, 0.717) is 0 Å². The maximum absolute atomic E-state index is 13.5. The zero-order valence-electron chi connectivity index (χ0n) is 15.2. The Morgan fingerprint density at radius 3 is 2.81 bits per heavy atom. The summed E-state index contributed by atoms with van der Waals surface area (Å²) in [5, 5.41) is 1.57. The van der Waals surface area contributed by atoms with Gasteiger partial charge in [-0.1, -0.05) is 18.7 Å². The number of ether oxygens (including phenoxy) is 1. The summed E-state index contributed by atoms with van der Waals surface area (Å²) in [6.07, 6.45) is 0.945. The van der Waals surface area contributed by atoms with Crippen molar-refractivity contribution in [3.63, 3.8) is 0 Å². The van der Waals surface area contributed by atoms with Crippen LogP contribution in [0.4, 0.5) is 0 Å². The second-order valence-electron chi connectivity index (χ2n) is 6.48. The predicted molar refractivity (Wildman–Crippen MR) is 107 cm³/mol. The first kappa shape index (κ1) is 17.6. The average Bonchev–Trinajstić information content (AvgIpc) is 3.00. The van der Waals surface area contributed by atoms with Gasteiger partial charge in [-0.05, 0) is 35.6 Å². The van der Waals surface area contributed by atoms with Gasteiger partial charge in [-0.3, -0.25) is 9.36 Å². The highest BCUT2D eigenvalue weighted by molar-refractivity contribution is 7.99. The molecule has 0 saturated carbocycles. The molecule has 0 amide bonds.